The van der Waals surface area contributed by atoms with E-state index < -0.39 is 0 Å². The third-order valence-corrected chi connectivity index (χ3v) is 2.56. The van der Waals surface area contributed by atoms with Crippen LogP contribution in [0.2, 0.25) is 0 Å². The Hall–Kier alpha value is 0.180. The van der Waals surface area contributed by atoms with Gasteiger partial charge in [0.25, 0.3) is 0 Å². The summed E-state index contributed by atoms with van der Waals surface area (Å²) in [5, 5.41) is 0. The molecular formula is C10H21ClFN. The van der Waals surface area contributed by atoms with E-state index in [1.807, 2.05) is 0 Å². The number of likely N-dealkylation sites (tertiary alicyclic amines) is 1. The molecule has 0 amide bonds. The van der Waals surface area contributed by atoms with E-state index in [0.717, 1.165) is 13.0 Å². The van der Waals surface area contributed by atoms with E-state index in [-0.39, 0.29) is 19.1 Å². The van der Waals surface area contributed by atoms with Gasteiger partial charge >= 0.3 is 0 Å². The van der Waals surface area contributed by atoms with Gasteiger partial charge < -0.3 is 4.90 Å². The zero-order chi connectivity index (χ0) is 8.65. The molecule has 1 aliphatic heterocycles. The van der Waals surface area contributed by atoms with Crippen molar-refractivity contribution in [3.8, 4) is 0 Å². The van der Waals surface area contributed by atoms with Crippen molar-refractivity contribution in [3.05, 3.63) is 0 Å². The van der Waals surface area contributed by atoms with Crippen LogP contribution in [0, 0.1) is 0 Å². The van der Waals surface area contributed by atoms with Crippen molar-refractivity contribution in [2.75, 3.05) is 26.3 Å². The van der Waals surface area contributed by atoms with Crippen LogP contribution >= 0.6 is 12.4 Å². The summed E-state index contributed by atoms with van der Waals surface area (Å²) < 4.78 is 11.9. The normalized spacial score (nSPS) is 20.1. The lowest BCUT2D eigenvalue weighted by Gasteiger charge is -2.23. The van der Waals surface area contributed by atoms with Gasteiger partial charge in [-0.3, -0.25) is 4.39 Å². The summed E-state index contributed by atoms with van der Waals surface area (Å²) in [7, 11) is 0. The molecule has 0 aliphatic carbocycles. The zero-order valence-corrected chi connectivity index (χ0v) is 9.12. The number of hydrogen-bond acceptors (Lipinski definition) is 1. The average molecular weight is 210 g/mol. The number of alkyl halides is 1. The molecule has 13 heavy (non-hydrogen) atoms. The second-order valence-corrected chi connectivity index (χ2v) is 3.65. The maximum atomic E-state index is 11.9. The maximum Gasteiger partial charge on any atom is 0.0906 e. The lowest BCUT2D eigenvalue weighted by molar-refractivity contribution is 0.236. The SMILES string of the molecule is Cl.FCCCN1CCCCCCC1. The Morgan fingerprint density at radius 2 is 1.46 bits per heavy atom. The Kier molecular flexibility index (Phi) is 8.89. The average Bonchev–Trinajstić information content (AvgIpc) is 2.02. The third kappa shape index (κ3) is 6.28. The quantitative estimate of drug-likeness (QED) is 0.691. The van der Waals surface area contributed by atoms with Gasteiger partial charge in [-0.05, 0) is 32.4 Å². The largest absolute Gasteiger partial charge is 0.303 e. The van der Waals surface area contributed by atoms with E-state index >= 15 is 0 Å². The van der Waals surface area contributed by atoms with Gasteiger partial charge in [-0.2, -0.15) is 0 Å². The van der Waals surface area contributed by atoms with Gasteiger partial charge in [0.15, 0.2) is 0 Å². The van der Waals surface area contributed by atoms with Crippen LogP contribution in [0.5, 0.6) is 0 Å². The summed E-state index contributed by atoms with van der Waals surface area (Å²) in [5.74, 6) is 0. The van der Waals surface area contributed by atoms with Crippen molar-refractivity contribution in [3.63, 3.8) is 0 Å². The molecule has 0 bridgehead atoms. The van der Waals surface area contributed by atoms with Gasteiger partial charge in [-0.1, -0.05) is 19.3 Å². The minimum absolute atomic E-state index is 0. The highest BCUT2D eigenvalue weighted by Crippen LogP contribution is 2.10. The molecule has 0 aromatic carbocycles. The second-order valence-electron chi connectivity index (χ2n) is 3.65. The van der Waals surface area contributed by atoms with E-state index in [2.05, 4.69) is 4.90 Å². The zero-order valence-electron chi connectivity index (χ0n) is 8.30. The van der Waals surface area contributed by atoms with Crippen LogP contribution in [0.4, 0.5) is 4.39 Å². The first-order valence-corrected chi connectivity index (χ1v) is 5.22. The van der Waals surface area contributed by atoms with E-state index in [1.165, 1.54) is 45.2 Å². The van der Waals surface area contributed by atoms with Gasteiger partial charge in [0.05, 0.1) is 6.67 Å². The molecule has 1 heterocycles. The third-order valence-electron chi connectivity index (χ3n) is 2.56. The highest BCUT2D eigenvalue weighted by Gasteiger charge is 2.06. The molecule has 80 valence electrons. The highest BCUT2D eigenvalue weighted by molar-refractivity contribution is 5.85. The highest BCUT2D eigenvalue weighted by atomic mass is 35.5. The smallest absolute Gasteiger partial charge is 0.0906 e. The van der Waals surface area contributed by atoms with Gasteiger partial charge in [0, 0.05) is 6.54 Å². The molecule has 0 aromatic rings. The summed E-state index contributed by atoms with van der Waals surface area (Å²) in [6.07, 6.45) is 7.48. The number of hydrogen-bond donors (Lipinski definition) is 0. The Labute approximate surface area is 87.1 Å². The number of halogens is 2. The minimum atomic E-state index is -0.156. The first kappa shape index (κ1) is 13.2. The van der Waals surface area contributed by atoms with Gasteiger partial charge in [-0.25, -0.2) is 0 Å². The molecule has 1 nitrogen and oxygen atoms in total. The molecule has 0 atom stereocenters. The maximum absolute atomic E-state index is 11.9. The van der Waals surface area contributed by atoms with Gasteiger partial charge in [0.1, 0.15) is 0 Å². The molecular weight excluding hydrogens is 189 g/mol. The summed E-state index contributed by atoms with van der Waals surface area (Å²) >= 11 is 0. The van der Waals surface area contributed by atoms with Crippen molar-refractivity contribution < 1.29 is 4.39 Å². The van der Waals surface area contributed by atoms with E-state index in [4.69, 9.17) is 0 Å². The molecule has 1 fully saturated rings. The Morgan fingerprint density at radius 3 is 2.00 bits per heavy atom. The molecule has 0 unspecified atom stereocenters. The van der Waals surface area contributed by atoms with Crippen molar-refractivity contribution in [2.45, 2.75) is 38.5 Å². The first-order valence-electron chi connectivity index (χ1n) is 5.22. The monoisotopic (exact) mass is 209 g/mol. The van der Waals surface area contributed by atoms with Crippen LogP contribution < -0.4 is 0 Å². The molecule has 3 heteroatoms. The summed E-state index contributed by atoms with van der Waals surface area (Å²) in [5.41, 5.74) is 0. The first-order chi connectivity index (χ1) is 5.93. The second kappa shape index (κ2) is 8.76. The standard InChI is InChI=1S/C10H20FN.ClH/c11-7-6-10-12-8-4-2-1-3-5-9-12;/h1-10H2;1H. The van der Waals surface area contributed by atoms with Crippen LogP contribution in [-0.4, -0.2) is 31.2 Å². The van der Waals surface area contributed by atoms with Crippen LogP contribution in [0.3, 0.4) is 0 Å². The van der Waals surface area contributed by atoms with Crippen LogP contribution in [0.25, 0.3) is 0 Å². The van der Waals surface area contributed by atoms with E-state index in [0.29, 0.717) is 0 Å². The minimum Gasteiger partial charge on any atom is -0.303 e. The fourth-order valence-electron chi connectivity index (χ4n) is 1.82. The summed E-state index contributed by atoms with van der Waals surface area (Å²) in [4.78, 5) is 2.42. The Bertz CT molecular complexity index is 100. The predicted molar refractivity (Wildman–Crippen MR) is 57.4 cm³/mol. The van der Waals surface area contributed by atoms with Crippen LogP contribution in [0.15, 0.2) is 0 Å². The molecule has 0 aromatic heterocycles. The molecule has 0 saturated carbocycles. The van der Waals surface area contributed by atoms with E-state index in [1.54, 1.807) is 0 Å². The van der Waals surface area contributed by atoms with Crippen LogP contribution in [0.1, 0.15) is 38.5 Å². The summed E-state index contributed by atoms with van der Waals surface area (Å²) in [6, 6.07) is 0. The lowest BCUT2D eigenvalue weighted by Crippen LogP contribution is -2.28. The Morgan fingerprint density at radius 1 is 0.923 bits per heavy atom. The Balaban J connectivity index is 0.00000144. The van der Waals surface area contributed by atoms with Crippen molar-refractivity contribution in [1.82, 2.24) is 4.90 Å². The van der Waals surface area contributed by atoms with Gasteiger partial charge in [-0.15, -0.1) is 12.4 Å². The lowest BCUT2D eigenvalue weighted by atomic mass is 10.1. The predicted octanol–water partition coefficient (Wildman–Crippen LogP) is 3.03. The van der Waals surface area contributed by atoms with Crippen molar-refractivity contribution in [2.24, 2.45) is 0 Å². The molecule has 1 aliphatic rings. The van der Waals surface area contributed by atoms with Crippen LogP contribution in [-0.2, 0) is 0 Å². The topological polar surface area (TPSA) is 3.24 Å². The fraction of sp³-hybridized carbons (Fsp3) is 1.00. The fourth-order valence-corrected chi connectivity index (χ4v) is 1.82. The molecule has 0 spiro atoms. The number of rotatable bonds is 3. The summed E-state index contributed by atoms with van der Waals surface area (Å²) in [6.45, 7) is 3.20. The van der Waals surface area contributed by atoms with E-state index in [9.17, 15) is 4.39 Å². The van der Waals surface area contributed by atoms with Crippen molar-refractivity contribution >= 4 is 12.4 Å². The molecule has 1 saturated heterocycles. The number of nitrogens with zero attached hydrogens (tertiary/aromatic N) is 1. The molecule has 1 rings (SSSR count). The van der Waals surface area contributed by atoms with Crippen molar-refractivity contribution in [1.29, 1.82) is 0 Å². The molecule has 0 radical (unpaired) electrons. The molecule has 0 N–H and O–H groups in total. The van der Waals surface area contributed by atoms with Gasteiger partial charge in [0.2, 0.25) is 0 Å².